The molecule has 194 valence electrons. The average Bonchev–Trinajstić information content (AvgIpc) is 2.82. The molecule has 3 aromatic rings. The first kappa shape index (κ1) is 27.1. The van der Waals surface area contributed by atoms with E-state index >= 15 is 0 Å². The van der Waals surface area contributed by atoms with Crippen LogP contribution < -0.4 is 20.7 Å². The number of benzene rings is 2. The van der Waals surface area contributed by atoms with Gasteiger partial charge in [0.2, 0.25) is 0 Å². The number of hydrogen-bond acceptors (Lipinski definition) is 8. The number of amides is 2. The quantitative estimate of drug-likeness (QED) is 0.296. The number of rotatable bonds is 9. The molecular weight excluding hydrogens is 472 g/mol. The molecule has 1 aromatic heterocycles. The van der Waals surface area contributed by atoms with Crippen LogP contribution in [0.4, 0.5) is 22.0 Å². The zero-order valence-electron chi connectivity index (χ0n) is 21.6. The van der Waals surface area contributed by atoms with Crippen molar-refractivity contribution in [2.75, 3.05) is 17.2 Å². The average molecular weight is 505 g/mol. The second kappa shape index (κ2) is 12.0. The van der Waals surface area contributed by atoms with Gasteiger partial charge >= 0.3 is 6.09 Å². The fourth-order valence-corrected chi connectivity index (χ4v) is 3.24. The van der Waals surface area contributed by atoms with E-state index in [1.54, 1.807) is 69.4 Å². The Balaban J connectivity index is 1.71. The van der Waals surface area contributed by atoms with E-state index in [9.17, 15) is 9.59 Å². The van der Waals surface area contributed by atoms with Gasteiger partial charge in [0.25, 0.3) is 5.91 Å². The molecule has 37 heavy (non-hydrogen) atoms. The number of hydrogen-bond donors (Lipinski definition) is 4. The molecule has 0 aliphatic heterocycles. The standard InChI is InChI=1S/C27H32N6O4/c1-17(2)30-24(34)16-36-21-8-6-7-18(14-21)25-29-12-11-23(33-25)31-20-9-10-22(19(13-20)15-28)32-26(35)37-27(3,4)5/h6-15,17,28H,16H2,1-5H3,(H,30,34)(H,32,35)(H,29,31,33). The topological polar surface area (TPSA) is 138 Å². The lowest BCUT2D eigenvalue weighted by molar-refractivity contribution is -0.123. The van der Waals surface area contributed by atoms with Crippen molar-refractivity contribution in [3.05, 3.63) is 60.3 Å². The molecule has 0 spiro atoms. The maximum atomic E-state index is 12.1. The molecule has 0 unspecified atom stereocenters. The van der Waals surface area contributed by atoms with Crippen LogP contribution in [0.5, 0.6) is 5.75 Å². The molecule has 1 heterocycles. The number of ether oxygens (including phenoxy) is 2. The molecule has 10 nitrogen and oxygen atoms in total. The maximum Gasteiger partial charge on any atom is 0.412 e. The Hall–Kier alpha value is -4.47. The highest BCUT2D eigenvalue weighted by molar-refractivity contribution is 5.95. The van der Waals surface area contributed by atoms with E-state index in [0.717, 1.165) is 11.8 Å². The molecule has 3 rings (SSSR count). The summed E-state index contributed by atoms with van der Waals surface area (Å²) in [5.74, 6) is 1.34. The summed E-state index contributed by atoms with van der Waals surface area (Å²) >= 11 is 0. The van der Waals surface area contributed by atoms with Crippen LogP contribution in [-0.4, -0.2) is 46.4 Å². The minimum atomic E-state index is -0.630. The van der Waals surface area contributed by atoms with Crippen molar-refractivity contribution in [1.29, 1.82) is 5.41 Å². The first-order valence-electron chi connectivity index (χ1n) is 11.8. The van der Waals surface area contributed by atoms with Crippen molar-refractivity contribution in [2.45, 2.75) is 46.3 Å². The van der Waals surface area contributed by atoms with Crippen LogP contribution in [-0.2, 0) is 9.53 Å². The summed E-state index contributed by atoms with van der Waals surface area (Å²) in [6, 6.07) is 14.1. The monoisotopic (exact) mass is 504 g/mol. The van der Waals surface area contributed by atoms with Crippen LogP contribution >= 0.6 is 0 Å². The number of aromatic nitrogens is 2. The highest BCUT2D eigenvalue weighted by Crippen LogP contribution is 2.25. The molecule has 0 aliphatic rings. The highest BCUT2D eigenvalue weighted by Gasteiger charge is 2.17. The minimum absolute atomic E-state index is 0.0404. The lowest BCUT2D eigenvalue weighted by Crippen LogP contribution is -2.34. The second-order valence-corrected chi connectivity index (χ2v) is 9.50. The van der Waals surface area contributed by atoms with E-state index in [0.29, 0.717) is 34.3 Å². The number of nitrogens with zero attached hydrogens (tertiary/aromatic N) is 2. The van der Waals surface area contributed by atoms with Gasteiger partial charge in [-0.15, -0.1) is 0 Å². The largest absolute Gasteiger partial charge is 0.484 e. The highest BCUT2D eigenvalue weighted by atomic mass is 16.6. The Morgan fingerprint density at radius 2 is 1.89 bits per heavy atom. The number of carbonyl (C=O) groups excluding carboxylic acids is 2. The van der Waals surface area contributed by atoms with Gasteiger partial charge in [-0.2, -0.15) is 0 Å². The van der Waals surface area contributed by atoms with Crippen LogP contribution in [0.2, 0.25) is 0 Å². The predicted molar refractivity (Wildman–Crippen MR) is 144 cm³/mol. The van der Waals surface area contributed by atoms with Gasteiger partial charge in [-0.25, -0.2) is 14.8 Å². The first-order valence-corrected chi connectivity index (χ1v) is 11.8. The number of carbonyl (C=O) groups is 2. The van der Waals surface area contributed by atoms with Crippen LogP contribution in [0.15, 0.2) is 54.7 Å². The van der Waals surface area contributed by atoms with Crippen molar-refractivity contribution in [3.63, 3.8) is 0 Å². The minimum Gasteiger partial charge on any atom is -0.484 e. The summed E-state index contributed by atoms with van der Waals surface area (Å²) < 4.78 is 10.9. The Morgan fingerprint density at radius 1 is 1.11 bits per heavy atom. The van der Waals surface area contributed by atoms with Gasteiger partial charge in [0.05, 0.1) is 5.69 Å². The summed E-state index contributed by atoms with van der Waals surface area (Å²) in [6.07, 6.45) is 2.18. The lowest BCUT2D eigenvalue weighted by Gasteiger charge is -2.20. The summed E-state index contributed by atoms with van der Waals surface area (Å²) in [7, 11) is 0. The Kier molecular flexibility index (Phi) is 8.78. The normalized spacial score (nSPS) is 11.0. The Morgan fingerprint density at radius 3 is 2.59 bits per heavy atom. The van der Waals surface area contributed by atoms with Crippen molar-refractivity contribution in [3.8, 4) is 17.1 Å². The third-order valence-electron chi connectivity index (χ3n) is 4.68. The van der Waals surface area contributed by atoms with Gasteiger partial charge < -0.3 is 25.5 Å². The number of anilines is 3. The Bertz CT molecular complexity index is 1270. The second-order valence-electron chi connectivity index (χ2n) is 9.50. The van der Waals surface area contributed by atoms with Crippen molar-refractivity contribution in [2.24, 2.45) is 0 Å². The smallest absolute Gasteiger partial charge is 0.412 e. The molecule has 2 amide bonds. The van der Waals surface area contributed by atoms with Gasteiger partial charge in [0.1, 0.15) is 17.2 Å². The van der Waals surface area contributed by atoms with Crippen LogP contribution in [0.3, 0.4) is 0 Å². The van der Waals surface area contributed by atoms with E-state index in [4.69, 9.17) is 14.9 Å². The van der Waals surface area contributed by atoms with Gasteiger partial charge in [-0.3, -0.25) is 10.1 Å². The van der Waals surface area contributed by atoms with Gasteiger partial charge in [-0.1, -0.05) is 12.1 Å². The third-order valence-corrected chi connectivity index (χ3v) is 4.68. The maximum absolute atomic E-state index is 12.1. The first-order chi connectivity index (χ1) is 17.5. The molecule has 10 heteroatoms. The van der Waals surface area contributed by atoms with Gasteiger partial charge in [-0.05, 0) is 71.0 Å². The predicted octanol–water partition coefficient (Wildman–Crippen LogP) is 5.14. The zero-order chi connectivity index (χ0) is 27.0. The summed E-state index contributed by atoms with van der Waals surface area (Å²) in [5.41, 5.74) is 1.72. The third kappa shape index (κ3) is 8.60. The van der Waals surface area contributed by atoms with E-state index in [1.165, 1.54) is 0 Å². The van der Waals surface area contributed by atoms with E-state index < -0.39 is 11.7 Å². The van der Waals surface area contributed by atoms with Gasteiger partial charge in [0, 0.05) is 35.3 Å². The summed E-state index contributed by atoms with van der Waals surface area (Å²) in [5, 5.41) is 16.4. The van der Waals surface area contributed by atoms with E-state index in [-0.39, 0.29) is 18.6 Å². The molecular formula is C27H32N6O4. The van der Waals surface area contributed by atoms with Crippen LogP contribution in [0, 0.1) is 5.41 Å². The van der Waals surface area contributed by atoms with E-state index in [1.807, 2.05) is 19.9 Å². The molecule has 0 bridgehead atoms. The van der Waals surface area contributed by atoms with Crippen LogP contribution in [0.25, 0.3) is 11.4 Å². The fraction of sp³-hybridized carbons (Fsp3) is 0.296. The molecule has 0 saturated heterocycles. The van der Waals surface area contributed by atoms with Crippen molar-refractivity contribution in [1.82, 2.24) is 15.3 Å². The molecule has 0 atom stereocenters. The zero-order valence-corrected chi connectivity index (χ0v) is 21.6. The molecule has 0 radical (unpaired) electrons. The fourth-order valence-electron chi connectivity index (χ4n) is 3.24. The van der Waals surface area contributed by atoms with Crippen molar-refractivity contribution >= 4 is 35.4 Å². The van der Waals surface area contributed by atoms with E-state index in [2.05, 4.69) is 25.9 Å². The molecule has 0 fully saturated rings. The molecule has 0 aliphatic carbocycles. The summed E-state index contributed by atoms with van der Waals surface area (Å²) in [6.45, 7) is 9.03. The Labute approximate surface area is 216 Å². The molecule has 4 N–H and O–H groups in total. The molecule has 2 aromatic carbocycles. The van der Waals surface area contributed by atoms with Crippen LogP contribution in [0.1, 0.15) is 40.2 Å². The van der Waals surface area contributed by atoms with Gasteiger partial charge in [0.15, 0.2) is 12.4 Å². The van der Waals surface area contributed by atoms with Crippen molar-refractivity contribution < 1.29 is 19.1 Å². The SMILES string of the molecule is CC(C)NC(=O)COc1cccc(-c2nccc(Nc3ccc(NC(=O)OC(C)(C)C)c(C=N)c3)n2)c1. The lowest BCUT2D eigenvalue weighted by atomic mass is 10.1. The molecule has 0 saturated carbocycles. The number of nitrogens with one attached hydrogen (secondary N) is 4. The summed E-state index contributed by atoms with van der Waals surface area (Å²) in [4.78, 5) is 32.9.